The number of amides is 1. The van der Waals surface area contributed by atoms with Crippen LogP contribution in [0.5, 0.6) is 0 Å². The Morgan fingerprint density at radius 1 is 1.12 bits per heavy atom. The lowest BCUT2D eigenvalue weighted by atomic mass is 10.0. The normalized spacial score (nSPS) is 14.6. The van der Waals surface area contributed by atoms with E-state index < -0.39 is 6.09 Å². The predicted molar refractivity (Wildman–Crippen MR) is 94.9 cm³/mol. The molecule has 0 bridgehead atoms. The summed E-state index contributed by atoms with van der Waals surface area (Å²) < 4.78 is 10.1. The number of carboxylic acid groups (broad SMARTS) is 1. The number of nitrogens with zero attached hydrogens (tertiary/aromatic N) is 1. The van der Waals surface area contributed by atoms with Gasteiger partial charge in [0.25, 0.3) is 0 Å². The van der Waals surface area contributed by atoms with Crippen LogP contribution < -0.4 is 0 Å². The Hall–Kier alpha value is -2.11. The molecule has 0 aromatic heterocycles. The predicted octanol–water partition coefficient (Wildman–Crippen LogP) is 3.65. The molecular weight excluding hydrogens is 306 g/mol. The number of ether oxygens (including phenoxy) is 2. The molecule has 0 saturated heterocycles. The van der Waals surface area contributed by atoms with Crippen molar-refractivity contribution in [3.8, 4) is 0 Å². The lowest BCUT2D eigenvalue weighted by molar-refractivity contribution is 0.139. The highest BCUT2D eigenvalue weighted by Gasteiger charge is 2.32. The van der Waals surface area contributed by atoms with E-state index in [1.807, 2.05) is 36.4 Å². The smallest absolute Gasteiger partial charge is 0.407 e. The molecule has 0 radical (unpaired) electrons. The molecule has 0 spiro atoms. The van der Waals surface area contributed by atoms with Crippen LogP contribution >= 0.6 is 0 Å². The van der Waals surface area contributed by atoms with E-state index in [4.69, 9.17) is 9.47 Å². The minimum Gasteiger partial charge on any atom is -0.465 e. The SMILES string of the molecule is COCC=Cc1cc(C=CCOC)cc(CN(C(=O)O)C2CC2)c1. The van der Waals surface area contributed by atoms with Crippen LogP contribution in [0.2, 0.25) is 0 Å². The molecular formula is C19H25NO4. The summed E-state index contributed by atoms with van der Waals surface area (Å²) in [6.45, 7) is 1.50. The van der Waals surface area contributed by atoms with Gasteiger partial charge in [-0.25, -0.2) is 4.79 Å². The molecule has 0 unspecified atom stereocenters. The van der Waals surface area contributed by atoms with Gasteiger partial charge < -0.3 is 19.5 Å². The van der Waals surface area contributed by atoms with Crippen LogP contribution in [0.4, 0.5) is 4.79 Å². The first-order valence-electron chi connectivity index (χ1n) is 8.08. The zero-order valence-electron chi connectivity index (χ0n) is 14.3. The molecule has 130 valence electrons. The molecule has 0 atom stereocenters. The van der Waals surface area contributed by atoms with Gasteiger partial charge in [-0.05, 0) is 47.7 Å². The molecule has 5 nitrogen and oxygen atoms in total. The third-order valence-electron chi connectivity index (χ3n) is 3.77. The Kier molecular flexibility index (Phi) is 7.03. The number of carbonyl (C=O) groups is 1. The van der Waals surface area contributed by atoms with Crippen molar-refractivity contribution in [1.29, 1.82) is 0 Å². The highest BCUT2D eigenvalue weighted by atomic mass is 16.5. The fourth-order valence-corrected chi connectivity index (χ4v) is 2.53. The molecule has 1 aromatic rings. The van der Waals surface area contributed by atoms with Crippen molar-refractivity contribution in [2.45, 2.75) is 25.4 Å². The molecule has 0 heterocycles. The Bertz CT molecular complexity index is 571. The fraction of sp³-hybridized carbons (Fsp3) is 0.421. The highest BCUT2D eigenvalue weighted by molar-refractivity contribution is 5.66. The molecule has 0 aliphatic heterocycles. The average Bonchev–Trinajstić information content (AvgIpc) is 3.37. The van der Waals surface area contributed by atoms with E-state index in [0.29, 0.717) is 19.8 Å². The van der Waals surface area contributed by atoms with Crippen molar-refractivity contribution in [3.05, 3.63) is 47.0 Å². The molecule has 1 amide bonds. The largest absolute Gasteiger partial charge is 0.465 e. The van der Waals surface area contributed by atoms with Crippen LogP contribution in [0.3, 0.4) is 0 Å². The van der Waals surface area contributed by atoms with Crippen LogP contribution in [0.15, 0.2) is 30.4 Å². The van der Waals surface area contributed by atoms with Crippen molar-refractivity contribution >= 4 is 18.2 Å². The first-order valence-corrected chi connectivity index (χ1v) is 8.08. The van der Waals surface area contributed by atoms with Gasteiger partial charge in [0.05, 0.1) is 13.2 Å². The summed E-state index contributed by atoms with van der Waals surface area (Å²) in [5.41, 5.74) is 3.05. The minimum absolute atomic E-state index is 0.169. The van der Waals surface area contributed by atoms with Crippen LogP contribution in [0, 0.1) is 0 Å². The summed E-state index contributed by atoms with van der Waals surface area (Å²) in [5.74, 6) is 0. The third-order valence-corrected chi connectivity index (χ3v) is 3.77. The summed E-state index contributed by atoms with van der Waals surface area (Å²) in [6, 6.07) is 6.28. The van der Waals surface area contributed by atoms with E-state index in [1.165, 1.54) is 4.90 Å². The lowest BCUT2D eigenvalue weighted by Crippen LogP contribution is -2.30. The molecule has 1 N–H and O–H groups in total. The maximum absolute atomic E-state index is 11.4. The van der Waals surface area contributed by atoms with Gasteiger partial charge in [0, 0.05) is 26.8 Å². The number of hydrogen-bond donors (Lipinski definition) is 1. The molecule has 1 fully saturated rings. The Balaban J connectivity index is 2.21. The quantitative estimate of drug-likeness (QED) is 0.750. The zero-order valence-corrected chi connectivity index (χ0v) is 14.3. The molecule has 24 heavy (non-hydrogen) atoms. The molecule has 1 saturated carbocycles. The van der Waals surface area contributed by atoms with Gasteiger partial charge in [-0.3, -0.25) is 0 Å². The van der Waals surface area contributed by atoms with E-state index in [9.17, 15) is 9.90 Å². The summed E-state index contributed by atoms with van der Waals surface area (Å²) in [7, 11) is 3.31. The van der Waals surface area contributed by atoms with E-state index in [-0.39, 0.29) is 6.04 Å². The van der Waals surface area contributed by atoms with Crippen LogP contribution in [-0.4, -0.2) is 49.6 Å². The summed E-state index contributed by atoms with van der Waals surface area (Å²) in [4.78, 5) is 13.0. The second-order valence-corrected chi connectivity index (χ2v) is 5.86. The van der Waals surface area contributed by atoms with Crippen molar-refractivity contribution in [3.63, 3.8) is 0 Å². The fourth-order valence-electron chi connectivity index (χ4n) is 2.53. The summed E-state index contributed by atoms with van der Waals surface area (Å²) in [6.07, 6.45) is 8.93. The first-order chi connectivity index (χ1) is 11.6. The highest BCUT2D eigenvalue weighted by Crippen LogP contribution is 2.29. The molecule has 1 aliphatic rings. The average molecular weight is 331 g/mol. The Morgan fingerprint density at radius 3 is 2.08 bits per heavy atom. The zero-order chi connectivity index (χ0) is 17.4. The van der Waals surface area contributed by atoms with Crippen molar-refractivity contribution < 1.29 is 19.4 Å². The first kappa shape index (κ1) is 18.2. The number of benzene rings is 1. The maximum Gasteiger partial charge on any atom is 0.407 e. The van der Waals surface area contributed by atoms with E-state index in [1.54, 1.807) is 14.2 Å². The standard InChI is InChI=1S/C19H25NO4/c1-23-9-3-5-15-11-16(6-4-10-24-2)13-17(12-15)14-20(19(21)22)18-7-8-18/h3-6,11-13,18H,7-10,14H2,1-2H3,(H,21,22). The van der Waals surface area contributed by atoms with Crippen LogP contribution in [-0.2, 0) is 16.0 Å². The van der Waals surface area contributed by atoms with Crippen LogP contribution in [0.25, 0.3) is 12.2 Å². The van der Waals surface area contributed by atoms with Crippen LogP contribution in [0.1, 0.15) is 29.5 Å². The van der Waals surface area contributed by atoms with Crippen molar-refractivity contribution in [2.24, 2.45) is 0 Å². The molecule has 5 heteroatoms. The van der Waals surface area contributed by atoms with Gasteiger partial charge in [0.15, 0.2) is 0 Å². The number of rotatable bonds is 9. The number of hydrogen-bond acceptors (Lipinski definition) is 3. The second-order valence-electron chi connectivity index (χ2n) is 5.86. The topological polar surface area (TPSA) is 59.0 Å². The van der Waals surface area contributed by atoms with Gasteiger partial charge in [-0.1, -0.05) is 24.3 Å². The monoisotopic (exact) mass is 331 g/mol. The van der Waals surface area contributed by atoms with E-state index in [0.717, 1.165) is 29.5 Å². The maximum atomic E-state index is 11.4. The summed E-state index contributed by atoms with van der Waals surface area (Å²) in [5, 5.41) is 9.40. The van der Waals surface area contributed by atoms with Gasteiger partial charge in [-0.2, -0.15) is 0 Å². The molecule has 1 aromatic carbocycles. The van der Waals surface area contributed by atoms with E-state index in [2.05, 4.69) is 6.07 Å². The molecule has 2 rings (SSSR count). The lowest BCUT2D eigenvalue weighted by Gasteiger charge is -2.19. The van der Waals surface area contributed by atoms with Crippen molar-refractivity contribution in [2.75, 3.05) is 27.4 Å². The van der Waals surface area contributed by atoms with Crippen molar-refractivity contribution in [1.82, 2.24) is 4.90 Å². The summed E-state index contributed by atoms with van der Waals surface area (Å²) >= 11 is 0. The van der Waals surface area contributed by atoms with Gasteiger partial charge in [-0.15, -0.1) is 0 Å². The van der Waals surface area contributed by atoms with Gasteiger partial charge in [0.1, 0.15) is 0 Å². The van der Waals surface area contributed by atoms with E-state index >= 15 is 0 Å². The van der Waals surface area contributed by atoms with Gasteiger partial charge in [0.2, 0.25) is 0 Å². The Labute approximate surface area is 143 Å². The number of methoxy groups -OCH3 is 2. The third kappa shape index (κ3) is 5.83. The molecule has 1 aliphatic carbocycles. The Morgan fingerprint density at radius 2 is 1.67 bits per heavy atom. The van der Waals surface area contributed by atoms with Gasteiger partial charge >= 0.3 is 6.09 Å². The minimum atomic E-state index is -0.852. The second kappa shape index (κ2) is 9.25.